The molecule has 0 aliphatic carbocycles. The van der Waals surface area contributed by atoms with Crippen molar-refractivity contribution in [2.75, 3.05) is 13.7 Å². The number of aromatic nitrogens is 2. The highest BCUT2D eigenvalue weighted by Crippen LogP contribution is 2.30. The summed E-state index contributed by atoms with van der Waals surface area (Å²) in [5.74, 6) is -1.21. The number of methoxy groups -OCH3 is 1. The van der Waals surface area contributed by atoms with Gasteiger partial charge in [0.05, 0.1) is 12.5 Å². The van der Waals surface area contributed by atoms with Crippen LogP contribution in [0.15, 0.2) is 47.3 Å². The fourth-order valence-corrected chi connectivity index (χ4v) is 2.94. The highest BCUT2D eigenvalue weighted by Gasteiger charge is 2.29. The monoisotopic (exact) mass is 464 g/mol. The van der Waals surface area contributed by atoms with E-state index < -0.39 is 30.2 Å². The second-order valence-electron chi connectivity index (χ2n) is 6.84. The van der Waals surface area contributed by atoms with E-state index in [1.165, 1.54) is 25.3 Å². The molecule has 2 aromatic carbocycles. The van der Waals surface area contributed by atoms with E-state index >= 15 is 0 Å². The Kier molecular flexibility index (Phi) is 7.16. The van der Waals surface area contributed by atoms with Crippen LogP contribution in [0.1, 0.15) is 22.5 Å². The van der Waals surface area contributed by atoms with Gasteiger partial charge in [0.2, 0.25) is 5.91 Å². The van der Waals surface area contributed by atoms with Crippen LogP contribution in [-0.2, 0) is 11.2 Å². The maximum absolute atomic E-state index is 12.4. The first-order valence-electron chi connectivity index (χ1n) is 9.61. The number of hydrogen-bond acceptors (Lipinski definition) is 6. The van der Waals surface area contributed by atoms with Crippen LogP contribution in [0.3, 0.4) is 0 Å². The Balaban J connectivity index is 1.56. The van der Waals surface area contributed by atoms with Crippen molar-refractivity contribution >= 4 is 22.6 Å². The quantitative estimate of drug-likeness (QED) is 0.461. The van der Waals surface area contributed by atoms with Gasteiger partial charge in [0.25, 0.3) is 11.5 Å². The number of H-pyrrole nitrogens is 1. The summed E-state index contributed by atoms with van der Waals surface area (Å²) >= 11 is 0. The van der Waals surface area contributed by atoms with E-state index in [0.717, 1.165) is 0 Å². The number of hydrogen-bond donors (Lipinski definition) is 3. The summed E-state index contributed by atoms with van der Waals surface area (Å²) in [6.07, 6.45) is -4.30. The molecule has 0 aliphatic heterocycles. The van der Waals surface area contributed by atoms with Gasteiger partial charge in [-0.2, -0.15) is 18.3 Å². The zero-order chi connectivity index (χ0) is 24.0. The van der Waals surface area contributed by atoms with Gasteiger partial charge in [0, 0.05) is 11.8 Å². The number of nitrogens with one attached hydrogen (secondary N) is 3. The number of carbonyl (C=O) groups is 2. The minimum atomic E-state index is -4.48. The zero-order valence-electron chi connectivity index (χ0n) is 17.3. The Bertz CT molecular complexity index is 1230. The molecule has 0 spiro atoms. The topological polar surface area (TPSA) is 122 Å². The summed E-state index contributed by atoms with van der Waals surface area (Å²) in [4.78, 5) is 36.3. The second-order valence-corrected chi connectivity index (χ2v) is 6.84. The van der Waals surface area contributed by atoms with Crippen LogP contribution >= 0.6 is 0 Å². The first-order valence-corrected chi connectivity index (χ1v) is 9.61. The van der Waals surface area contributed by atoms with Gasteiger partial charge in [-0.15, -0.1) is 0 Å². The lowest BCUT2D eigenvalue weighted by atomic mass is 10.1. The standard InChI is InChI=1S/C21H19F3N4O5/c1-32-16-10-12(6-8-15(16)33-11-21(22,23)24)7-9-17(29)25-28-20(31)18-13-4-2-3-5-14(13)19(30)27-26-18/h2-6,8,10H,7,9,11H2,1H3,(H,25,29)(H,27,30)(H,28,31). The summed E-state index contributed by atoms with van der Waals surface area (Å²) < 4.78 is 46.8. The summed E-state index contributed by atoms with van der Waals surface area (Å²) in [6, 6.07) is 10.7. The van der Waals surface area contributed by atoms with Gasteiger partial charge in [-0.25, -0.2) is 5.10 Å². The first kappa shape index (κ1) is 23.6. The molecule has 12 heteroatoms. The number of halogens is 3. The molecule has 0 unspecified atom stereocenters. The molecular weight excluding hydrogens is 445 g/mol. The molecule has 1 heterocycles. The summed E-state index contributed by atoms with van der Waals surface area (Å²) in [5.41, 5.74) is 4.59. The third-order valence-corrected chi connectivity index (χ3v) is 4.49. The average Bonchev–Trinajstić information content (AvgIpc) is 2.80. The van der Waals surface area contributed by atoms with Crippen LogP contribution in [0, 0.1) is 0 Å². The molecule has 0 saturated carbocycles. The normalized spacial score (nSPS) is 11.2. The number of hydrazine groups is 1. The Morgan fingerprint density at radius 1 is 1.06 bits per heavy atom. The second kappa shape index (κ2) is 10.0. The molecule has 3 N–H and O–H groups in total. The number of rotatable bonds is 7. The number of amides is 2. The summed E-state index contributed by atoms with van der Waals surface area (Å²) in [5, 5.41) is 6.57. The van der Waals surface area contributed by atoms with E-state index in [-0.39, 0.29) is 35.4 Å². The lowest BCUT2D eigenvalue weighted by molar-refractivity contribution is -0.153. The fraction of sp³-hybridized carbons (Fsp3) is 0.238. The lowest BCUT2D eigenvalue weighted by Gasteiger charge is -2.13. The van der Waals surface area contributed by atoms with Crippen molar-refractivity contribution < 1.29 is 32.2 Å². The molecule has 2 amide bonds. The lowest BCUT2D eigenvalue weighted by Crippen LogP contribution is -2.42. The van der Waals surface area contributed by atoms with E-state index in [4.69, 9.17) is 9.47 Å². The molecule has 0 bridgehead atoms. The SMILES string of the molecule is COc1cc(CCC(=O)NNC(=O)c2n[nH]c(=O)c3ccccc23)ccc1OCC(F)(F)F. The van der Waals surface area contributed by atoms with Gasteiger partial charge in [-0.05, 0) is 30.2 Å². The van der Waals surface area contributed by atoms with Crippen molar-refractivity contribution in [1.29, 1.82) is 0 Å². The van der Waals surface area contributed by atoms with Gasteiger partial charge >= 0.3 is 6.18 Å². The van der Waals surface area contributed by atoms with Gasteiger partial charge in [-0.1, -0.05) is 24.3 Å². The maximum atomic E-state index is 12.4. The molecule has 0 atom stereocenters. The molecule has 33 heavy (non-hydrogen) atoms. The predicted molar refractivity (Wildman–Crippen MR) is 111 cm³/mol. The van der Waals surface area contributed by atoms with Crippen molar-refractivity contribution in [2.45, 2.75) is 19.0 Å². The van der Waals surface area contributed by atoms with Crippen LogP contribution in [0.2, 0.25) is 0 Å². The van der Waals surface area contributed by atoms with Gasteiger partial charge < -0.3 is 9.47 Å². The van der Waals surface area contributed by atoms with Crippen LogP contribution in [0.4, 0.5) is 13.2 Å². The third kappa shape index (κ3) is 6.21. The molecule has 9 nitrogen and oxygen atoms in total. The molecule has 1 aromatic heterocycles. The summed E-state index contributed by atoms with van der Waals surface area (Å²) in [7, 11) is 1.29. The molecule has 0 saturated heterocycles. The average molecular weight is 464 g/mol. The van der Waals surface area contributed by atoms with Crippen molar-refractivity contribution in [3.63, 3.8) is 0 Å². The maximum Gasteiger partial charge on any atom is 0.422 e. The molecule has 0 radical (unpaired) electrons. The van der Waals surface area contributed by atoms with Gasteiger partial charge in [0.15, 0.2) is 23.8 Å². The Morgan fingerprint density at radius 2 is 1.79 bits per heavy atom. The fourth-order valence-electron chi connectivity index (χ4n) is 2.94. The van der Waals surface area contributed by atoms with Crippen LogP contribution in [0.5, 0.6) is 11.5 Å². The number of nitrogens with zero attached hydrogens (tertiary/aromatic N) is 1. The highest BCUT2D eigenvalue weighted by molar-refractivity contribution is 6.05. The van der Waals surface area contributed by atoms with Gasteiger partial charge in [-0.3, -0.25) is 25.2 Å². The number of fused-ring (bicyclic) bond motifs is 1. The van der Waals surface area contributed by atoms with E-state index in [1.807, 2.05) is 0 Å². The molecule has 3 aromatic rings. The van der Waals surface area contributed by atoms with Gasteiger partial charge in [0.1, 0.15) is 0 Å². The van der Waals surface area contributed by atoms with E-state index in [2.05, 4.69) is 21.0 Å². The Labute approximate surface area is 184 Å². The molecular formula is C21H19F3N4O5. The van der Waals surface area contributed by atoms with Crippen molar-refractivity contribution in [3.8, 4) is 11.5 Å². The van der Waals surface area contributed by atoms with Crippen molar-refractivity contribution in [2.24, 2.45) is 0 Å². The van der Waals surface area contributed by atoms with Crippen LogP contribution < -0.4 is 25.9 Å². The van der Waals surface area contributed by atoms with E-state index in [1.54, 1.807) is 24.3 Å². The minimum Gasteiger partial charge on any atom is -0.493 e. The van der Waals surface area contributed by atoms with Crippen molar-refractivity contribution in [3.05, 3.63) is 64.1 Å². The molecule has 3 rings (SSSR count). The Morgan fingerprint density at radius 3 is 2.48 bits per heavy atom. The molecule has 0 fully saturated rings. The number of carbonyl (C=O) groups excluding carboxylic acids is 2. The smallest absolute Gasteiger partial charge is 0.422 e. The summed E-state index contributed by atoms with van der Waals surface area (Å²) in [6.45, 7) is -1.45. The van der Waals surface area contributed by atoms with E-state index in [9.17, 15) is 27.6 Å². The number of benzene rings is 2. The molecule has 0 aliphatic rings. The third-order valence-electron chi connectivity index (χ3n) is 4.49. The van der Waals surface area contributed by atoms with Crippen molar-refractivity contribution in [1.82, 2.24) is 21.0 Å². The predicted octanol–water partition coefficient (Wildman–Crippen LogP) is 2.27. The molecule has 174 valence electrons. The largest absolute Gasteiger partial charge is 0.493 e. The Hall–Kier alpha value is -4.09. The number of aryl methyl sites for hydroxylation is 1. The number of alkyl halides is 3. The number of ether oxygens (including phenoxy) is 2. The minimum absolute atomic E-state index is 0.0357. The highest BCUT2D eigenvalue weighted by atomic mass is 19.4. The number of aromatic amines is 1. The zero-order valence-corrected chi connectivity index (χ0v) is 17.3. The van der Waals surface area contributed by atoms with Crippen LogP contribution in [-0.4, -0.2) is 41.9 Å². The van der Waals surface area contributed by atoms with E-state index in [0.29, 0.717) is 10.9 Å². The van der Waals surface area contributed by atoms with Crippen LogP contribution in [0.25, 0.3) is 10.8 Å². The first-order chi connectivity index (χ1) is 15.7.